The molecule has 7 nitrogen and oxygen atoms in total. The number of hydrogen-bond acceptors (Lipinski definition) is 6. The van der Waals surface area contributed by atoms with Crippen molar-refractivity contribution in [1.29, 1.82) is 0 Å². The van der Waals surface area contributed by atoms with Crippen LogP contribution in [0.15, 0.2) is 48.0 Å². The fourth-order valence-electron chi connectivity index (χ4n) is 3.57. The lowest BCUT2D eigenvalue weighted by Gasteiger charge is -2.25. The number of carbonyl (C=O) groups is 2. The zero-order chi connectivity index (χ0) is 21.8. The third-order valence-electron chi connectivity index (χ3n) is 5.13. The molecule has 0 unspecified atom stereocenters. The van der Waals surface area contributed by atoms with Gasteiger partial charge in [0.1, 0.15) is 5.76 Å². The minimum Gasteiger partial charge on any atom is -0.507 e. The Morgan fingerprint density at radius 1 is 1.10 bits per heavy atom. The number of methoxy groups -OCH3 is 2. The molecule has 1 atom stereocenters. The van der Waals surface area contributed by atoms with Crippen LogP contribution in [0, 0.1) is 6.92 Å². The van der Waals surface area contributed by atoms with Crippen molar-refractivity contribution >= 4 is 17.4 Å². The summed E-state index contributed by atoms with van der Waals surface area (Å²) in [7, 11) is 2.98. The van der Waals surface area contributed by atoms with Crippen LogP contribution in [0.3, 0.4) is 0 Å². The van der Waals surface area contributed by atoms with Gasteiger partial charge in [0.15, 0.2) is 11.5 Å². The van der Waals surface area contributed by atoms with Crippen LogP contribution in [0.2, 0.25) is 0 Å². The summed E-state index contributed by atoms with van der Waals surface area (Å²) in [6, 6.07) is 10.9. The number of rotatable bonds is 7. The summed E-state index contributed by atoms with van der Waals surface area (Å²) >= 11 is 0. The molecule has 3 rings (SSSR count). The Labute approximate surface area is 175 Å². The van der Waals surface area contributed by atoms with Crippen LogP contribution in [-0.2, 0) is 14.3 Å². The Morgan fingerprint density at radius 2 is 1.80 bits per heavy atom. The molecule has 0 aromatic heterocycles. The molecule has 0 radical (unpaired) electrons. The van der Waals surface area contributed by atoms with Crippen molar-refractivity contribution in [2.24, 2.45) is 0 Å². The van der Waals surface area contributed by atoms with Crippen LogP contribution in [0.1, 0.15) is 29.2 Å². The minimum atomic E-state index is -0.808. The number of ketones is 1. The number of hydrogen-bond donors (Lipinski definition) is 2. The van der Waals surface area contributed by atoms with Gasteiger partial charge in [-0.05, 0) is 31.0 Å². The smallest absolute Gasteiger partial charge is 0.295 e. The highest BCUT2D eigenvalue weighted by Gasteiger charge is 2.46. The van der Waals surface area contributed by atoms with Gasteiger partial charge in [-0.2, -0.15) is 0 Å². The molecule has 0 aliphatic carbocycles. The number of nitrogens with zero attached hydrogens (tertiary/aromatic N) is 1. The van der Waals surface area contributed by atoms with Crippen molar-refractivity contribution in [2.45, 2.75) is 19.4 Å². The summed E-state index contributed by atoms with van der Waals surface area (Å²) in [5.41, 5.74) is 2.02. The van der Waals surface area contributed by atoms with Gasteiger partial charge in [0.25, 0.3) is 11.7 Å². The molecule has 0 bridgehead atoms. The van der Waals surface area contributed by atoms with Crippen LogP contribution in [0.5, 0.6) is 11.5 Å². The Hall–Kier alpha value is -3.32. The molecular weight excluding hydrogens is 386 g/mol. The zero-order valence-corrected chi connectivity index (χ0v) is 17.2. The van der Waals surface area contributed by atoms with Gasteiger partial charge in [0, 0.05) is 25.8 Å². The third kappa shape index (κ3) is 4.02. The second kappa shape index (κ2) is 9.00. The maximum atomic E-state index is 12.9. The Balaban J connectivity index is 2.15. The predicted molar refractivity (Wildman–Crippen MR) is 111 cm³/mol. The first-order valence-corrected chi connectivity index (χ1v) is 9.60. The second-order valence-electron chi connectivity index (χ2n) is 7.14. The van der Waals surface area contributed by atoms with Gasteiger partial charge >= 0.3 is 0 Å². The Bertz CT molecular complexity index is 980. The van der Waals surface area contributed by atoms with Crippen LogP contribution in [0.4, 0.5) is 0 Å². The van der Waals surface area contributed by atoms with Crippen molar-refractivity contribution in [3.63, 3.8) is 0 Å². The molecule has 1 amide bonds. The summed E-state index contributed by atoms with van der Waals surface area (Å²) < 4.78 is 10.3. The number of aliphatic hydroxyl groups is 1. The number of aliphatic hydroxyl groups excluding tert-OH is 1. The van der Waals surface area contributed by atoms with E-state index in [4.69, 9.17) is 9.47 Å². The Kier molecular flexibility index (Phi) is 6.42. The first-order valence-electron chi connectivity index (χ1n) is 9.60. The lowest BCUT2D eigenvalue weighted by atomic mass is 9.94. The minimum absolute atomic E-state index is 0.00835. The molecular formula is C23H25NO6. The molecule has 158 valence electrons. The molecule has 2 N–H and O–H groups in total. The van der Waals surface area contributed by atoms with E-state index in [1.54, 1.807) is 31.4 Å². The van der Waals surface area contributed by atoms with E-state index in [1.807, 2.05) is 19.1 Å². The number of phenols is 1. The standard InChI is InChI=1S/C23H25NO6/c1-14-5-7-15(8-6-14)21(26)19-20(16-9-10-17(25)18(13-16)30-3)24(11-4-12-29-2)23(28)22(19)27/h5-10,13,20,25-26H,4,11-12H2,1-3H3/t20-/m0/s1. The van der Waals surface area contributed by atoms with Crippen LogP contribution in [0.25, 0.3) is 5.76 Å². The van der Waals surface area contributed by atoms with E-state index in [2.05, 4.69) is 0 Å². The maximum absolute atomic E-state index is 12.9. The van der Waals surface area contributed by atoms with E-state index in [9.17, 15) is 19.8 Å². The fraction of sp³-hybridized carbons (Fsp3) is 0.304. The summed E-state index contributed by atoms with van der Waals surface area (Å²) in [5.74, 6) is -1.51. The number of phenolic OH excluding ortho intramolecular Hbond substituents is 1. The number of amides is 1. The SMILES string of the molecule is COCCCN1C(=O)C(=O)C(=C(O)c2ccc(C)cc2)[C@@H]1c1ccc(O)c(OC)c1. The highest BCUT2D eigenvalue weighted by molar-refractivity contribution is 6.46. The van der Waals surface area contributed by atoms with E-state index in [-0.39, 0.29) is 29.4 Å². The number of aryl methyl sites for hydroxylation is 1. The number of ether oxygens (including phenoxy) is 2. The summed E-state index contributed by atoms with van der Waals surface area (Å²) in [5, 5.41) is 20.9. The molecule has 1 aliphatic heterocycles. The van der Waals surface area contributed by atoms with Crippen LogP contribution in [-0.4, -0.2) is 54.2 Å². The van der Waals surface area contributed by atoms with Crippen molar-refractivity contribution in [3.8, 4) is 11.5 Å². The van der Waals surface area contributed by atoms with Crippen molar-refractivity contribution in [2.75, 3.05) is 27.4 Å². The van der Waals surface area contributed by atoms with Crippen LogP contribution < -0.4 is 4.74 Å². The molecule has 0 saturated carbocycles. The highest BCUT2D eigenvalue weighted by atomic mass is 16.5. The lowest BCUT2D eigenvalue weighted by molar-refractivity contribution is -0.140. The topological polar surface area (TPSA) is 96.3 Å². The highest BCUT2D eigenvalue weighted by Crippen LogP contribution is 2.41. The summed E-state index contributed by atoms with van der Waals surface area (Å²) in [6.07, 6.45) is 0.528. The van der Waals surface area contributed by atoms with Gasteiger partial charge in [-0.25, -0.2) is 0 Å². The zero-order valence-electron chi connectivity index (χ0n) is 17.2. The third-order valence-corrected chi connectivity index (χ3v) is 5.13. The maximum Gasteiger partial charge on any atom is 0.295 e. The lowest BCUT2D eigenvalue weighted by Crippen LogP contribution is -2.31. The van der Waals surface area contributed by atoms with Gasteiger partial charge in [-0.1, -0.05) is 35.9 Å². The first-order chi connectivity index (χ1) is 14.4. The fourth-order valence-corrected chi connectivity index (χ4v) is 3.57. The normalized spacial score (nSPS) is 18.1. The van der Waals surface area contributed by atoms with Crippen molar-refractivity contribution in [3.05, 3.63) is 64.7 Å². The molecule has 2 aromatic rings. The quantitative estimate of drug-likeness (QED) is 0.314. The summed E-state index contributed by atoms with van der Waals surface area (Å²) in [6.45, 7) is 2.62. The first kappa shape index (κ1) is 21.4. The average molecular weight is 411 g/mol. The molecule has 0 spiro atoms. The molecule has 1 heterocycles. The van der Waals surface area contributed by atoms with Crippen LogP contribution >= 0.6 is 0 Å². The van der Waals surface area contributed by atoms with Gasteiger partial charge in [0.2, 0.25) is 0 Å². The van der Waals surface area contributed by atoms with Gasteiger partial charge in [0.05, 0.1) is 18.7 Å². The molecule has 7 heteroatoms. The number of Topliss-reactive ketones (excluding diaryl/α,β-unsaturated/α-hetero) is 1. The number of carbonyl (C=O) groups excluding carboxylic acids is 2. The number of aromatic hydroxyl groups is 1. The van der Waals surface area contributed by atoms with Gasteiger partial charge in [-0.3, -0.25) is 9.59 Å². The predicted octanol–water partition coefficient (Wildman–Crippen LogP) is 3.17. The molecule has 1 aliphatic rings. The van der Waals surface area contributed by atoms with E-state index in [0.29, 0.717) is 24.2 Å². The van der Waals surface area contributed by atoms with Crippen molar-refractivity contribution in [1.82, 2.24) is 4.90 Å². The van der Waals surface area contributed by atoms with Gasteiger partial charge in [-0.15, -0.1) is 0 Å². The number of likely N-dealkylation sites (tertiary alicyclic amines) is 1. The molecule has 30 heavy (non-hydrogen) atoms. The number of benzene rings is 2. The van der Waals surface area contributed by atoms with Gasteiger partial charge < -0.3 is 24.6 Å². The average Bonchev–Trinajstić information content (AvgIpc) is 2.99. The van der Waals surface area contributed by atoms with E-state index >= 15 is 0 Å². The van der Waals surface area contributed by atoms with E-state index in [0.717, 1.165) is 5.56 Å². The summed E-state index contributed by atoms with van der Waals surface area (Å²) in [4.78, 5) is 27.2. The largest absolute Gasteiger partial charge is 0.507 e. The molecule has 1 fully saturated rings. The van der Waals surface area contributed by atoms with E-state index in [1.165, 1.54) is 18.1 Å². The monoisotopic (exact) mass is 411 g/mol. The second-order valence-corrected chi connectivity index (χ2v) is 7.14. The molecule has 2 aromatic carbocycles. The Morgan fingerprint density at radius 3 is 2.43 bits per heavy atom. The van der Waals surface area contributed by atoms with E-state index < -0.39 is 17.7 Å². The molecule has 1 saturated heterocycles. The van der Waals surface area contributed by atoms with Crippen molar-refractivity contribution < 1.29 is 29.3 Å².